The van der Waals surface area contributed by atoms with Gasteiger partial charge in [0.1, 0.15) is 6.04 Å². The Morgan fingerprint density at radius 1 is 1.44 bits per heavy atom. The van der Waals surface area contributed by atoms with Gasteiger partial charge in [-0.25, -0.2) is 18.0 Å². The first-order chi connectivity index (χ1) is 8.34. The largest absolute Gasteiger partial charge is 0.480 e. The second-order valence-corrected chi connectivity index (χ2v) is 6.60. The highest BCUT2D eigenvalue weighted by molar-refractivity contribution is 7.91. The molecule has 0 radical (unpaired) electrons. The van der Waals surface area contributed by atoms with Crippen LogP contribution in [0.5, 0.6) is 0 Å². The van der Waals surface area contributed by atoms with E-state index in [0.717, 1.165) is 0 Å². The highest BCUT2D eigenvalue weighted by atomic mass is 32.2. The van der Waals surface area contributed by atoms with Crippen molar-refractivity contribution in [1.29, 1.82) is 0 Å². The van der Waals surface area contributed by atoms with Crippen LogP contribution in [0.1, 0.15) is 26.2 Å². The van der Waals surface area contributed by atoms with Gasteiger partial charge in [0.15, 0.2) is 9.84 Å². The van der Waals surface area contributed by atoms with Crippen molar-refractivity contribution in [2.75, 3.05) is 11.5 Å². The van der Waals surface area contributed by atoms with Gasteiger partial charge in [-0.2, -0.15) is 0 Å². The van der Waals surface area contributed by atoms with Crippen LogP contribution < -0.4 is 10.6 Å². The molecule has 1 fully saturated rings. The summed E-state index contributed by atoms with van der Waals surface area (Å²) in [7, 11) is -3.09. The van der Waals surface area contributed by atoms with Gasteiger partial charge in [0.25, 0.3) is 0 Å². The SMILES string of the molecule is CCC(NC(=O)NC1CCCS(=O)(=O)C1)C(=O)O. The van der Waals surface area contributed by atoms with Crippen LogP contribution in [-0.4, -0.2) is 49.1 Å². The van der Waals surface area contributed by atoms with Crippen LogP contribution in [-0.2, 0) is 14.6 Å². The van der Waals surface area contributed by atoms with E-state index >= 15 is 0 Å². The van der Waals surface area contributed by atoms with Crippen molar-refractivity contribution in [3.8, 4) is 0 Å². The molecule has 2 unspecified atom stereocenters. The number of rotatable bonds is 4. The predicted octanol–water partition coefficient (Wildman–Crippen LogP) is -0.274. The lowest BCUT2D eigenvalue weighted by atomic mass is 10.2. The Balaban J connectivity index is 2.47. The van der Waals surface area contributed by atoms with Gasteiger partial charge in [-0.1, -0.05) is 6.92 Å². The number of carboxylic acid groups (broad SMARTS) is 1. The number of hydrogen-bond acceptors (Lipinski definition) is 4. The van der Waals surface area contributed by atoms with Crippen LogP contribution >= 0.6 is 0 Å². The van der Waals surface area contributed by atoms with E-state index in [-0.39, 0.29) is 17.9 Å². The fraction of sp³-hybridized carbons (Fsp3) is 0.800. The van der Waals surface area contributed by atoms with Gasteiger partial charge in [0.05, 0.1) is 11.5 Å². The Bertz CT molecular complexity index is 420. The summed E-state index contributed by atoms with van der Waals surface area (Å²) in [4.78, 5) is 22.2. The predicted molar refractivity (Wildman–Crippen MR) is 65.1 cm³/mol. The third-order valence-electron chi connectivity index (χ3n) is 2.81. The van der Waals surface area contributed by atoms with E-state index in [1.807, 2.05) is 0 Å². The Morgan fingerprint density at radius 3 is 2.61 bits per heavy atom. The van der Waals surface area contributed by atoms with Crippen LogP contribution in [0.2, 0.25) is 0 Å². The molecule has 2 atom stereocenters. The average Bonchev–Trinajstić information content (AvgIpc) is 2.23. The number of carbonyl (C=O) groups is 2. The molecule has 0 bridgehead atoms. The summed E-state index contributed by atoms with van der Waals surface area (Å²) in [6, 6.07) is -2.02. The summed E-state index contributed by atoms with van der Waals surface area (Å²) in [6.07, 6.45) is 1.38. The van der Waals surface area contributed by atoms with Crippen LogP contribution in [0.15, 0.2) is 0 Å². The summed E-state index contributed by atoms with van der Waals surface area (Å²) in [5, 5.41) is 13.6. The van der Waals surface area contributed by atoms with E-state index in [4.69, 9.17) is 5.11 Å². The van der Waals surface area contributed by atoms with Crippen molar-refractivity contribution < 1.29 is 23.1 Å². The second-order valence-electron chi connectivity index (χ2n) is 4.37. The van der Waals surface area contributed by atoms with E-state index in [1.54, 1.807) is 6.92 Å². The lowest BCUT2D eigenvalue weighted by molar-refractivity contribution is -0.139. The molecule has 2 amide bonds. The normalized spacial score (nSPS) is 23.9. The Labute approximate surface area is 106 Å². The molecule has 1 heterocycles. The highest BCUT2D eigenvalue weighted by Gasteiger charge is 2.27. The first kappa shape index (κ1) is 14.7. The van der Waals surface area contributed by atoms with Gasteiger partial charge < -0.3 is 15.7 Å². The minimum atomic E-state index is -3.09. The standard InChI is InChI=1S/C10H18N2O5S/c1-2-8(9(13)14)12-10(15)11-7-4-3-5-18(16,17)6-7/h7-8H,2-6H2,1H3,(H,13,14)(H2,11,12,15). The molecule has 0 aromatic carbocycles. The summed E-state index contributed by atoms with van der Waals surface area (Å²) in [5.41, 5.74) is 0. The van der Waals surface area contributed by atoms with Gasteiger partial charge in [0, 0.05) is 6.04 Å². The molecule has 0 aromatic heterocycles. The summed E-state index contributed by atoms with van der Waals surface area (Å²) in [6.45, 7) is 1.64. The fourth-order valence-electron chi connectivity index (χ4n) is 1.86. The van der Waals surface area contributed by atoms with Crippen LogP contribution in [0.3, 0.4) is 0 Å². The minimum Gasteiger partial charge on any atom is -0.480 e. The summed E-state index contributed by atoms with van der Waals surface area (Å²) >= 11 is 0. The number of carbonyl (C=O) groups excluding carboxylic acids is 1. The van der Waals surface area contributed by atoms with Crippen molar-refractivity contribution >= 4 is 21.8 Å². The maximum Gasteiger partial charge on any atom is 0.326 e. The van der Waals surface area contributed by atoms with Gasteiger partial charge in [-0.15, -0.1) is 0 Å². The molecule has 0 saturated carbocycles. The second kappa shape index (κ2) is 6.03. The van der Waals surface area contributed by atoms with E-state index in [1.165, 1.54) is 0 Å². The zero-order valence-electron chi connectivity index (χ0n) is 10.2. The molecule has 0 aliphatic carbocycles. The number of amides is 2. The number of carboxylic acids is 1. The highest BCUT2D eigenvalue weighted by Crippen LogP contribution is 2.11. The fourth-order valence-corrected chi connectivity index (χ4v) is 3.50. The van der Waals surface area contributed by atoms with Crippen molar-refractivity contribution in [3.63, 3.8) is 0 Å². The maximum absolute atomic E-state index is 11.5. The Hall–Kier alpha value is -1.31. The minimum absolute atomic E-state index is 0.0791. The van der Waals surface area contributed by atoms with E-state index in [0.29, 0.717) is 12.8 Å². The van der Waals surface area contributed by atoms with E-state index in [2.05, 4.69) is 10.6 Å². The van der Waals surface area contributed by atoms with E-state index in [9.17, 15) is 18.0 Å². The lowest BCUT2D eigenvalue weighted by Crippen LogP contribution is -2.51. The molecule has 104 valence electrons. The van der Waals surface area contributed by atoms with Gasteiger partial charge >= 0.3 is 12.0 Å². The number of sulfone groups is 1. The first-order valence-corrected chi connectivity index (χ1v) is 7.66. The maximum atomic E-state index is 11.5. The summed E-state index contributed by atoms with van der Waals surface area (Å²) in [5.74, 6) is -1.03. The monoisotopic (exact) mass is 278 g/mol. The molecule has 0 aromatic rings. The quantitative estimate of drug-likeness (QED) is 0.655. The molecule has 1 rings (SSSR count). The van der Waals surface area contributed by atoms with Crippen molar-refractivity contribution in [1.82, 2.24) is 10.6 Å². The van der Waals surface area contributed by atoms with Crippen LogP contribution in [0, 0.1) is 0 Å². The van der Waals surface area contributed by atoms with Crippen molar-refractivity contribution in [2.24, 2.45) is 0 Å². The summed E-state index contributed by atoms with van der Waals surface area (Å²) < 4.78 is 22.7. The smallest absolute Gasteiger partial charge is 0.326 e. The molecule has 18 heavy (non-hydrogen) atoms. The van der Waals surface area contributed by atoms with Crippen LogP contribution in [0.4, 0.5) is 4.79 Å². The Kier molecular flexibility index (Phi) is 4.94. The average molecular weight is 278 g/mol. The zero-order valence-corrected chi connectivity index (χ0v) is 11.0. The van der Waals surface area contributed by atoms with Crippen molar-refractivity contribution in [2.45, 2.75) is 38.3 Å². The topological polar surface area (TPSA) is 113 Å². The van der Waals surface area contributed by atoms with Crippen molar-refractivity contribution in [3.05, 3.63) is 0 Å². The number of aliphatic carboxylic acids is 1. The molecule has 0 spiro atoms. The molecule has 1 aliphatic rings. The van der Waals surface area contributed by atoms with Crippen LogP contribution in [0.25, 0.3) is 0 Å². The molecule has 8 heteroatoms. The van der Waals surface area contributed by atoms with Gasteiger partial charge in [0.2, 0.25) is 0 Å². The molecular formula is C10H18N2O5S. The van der Waals surface area contributed by atoms with Gasteiger partial charge in [-0.05, 0) is 19.3 Å². The lowest BCUT2D eigenvalue weighted by Gasteiger charge is -2.24. The number of hydrogen-bond donors (Lipinski definition) is 3. The number of nitrogens with one attached hydrogen (secondary N) is 2. The molecule has 1 saturated heterocycles. The number of urea groups is 1. The third-order valence-corrected chi connectivity index (χ3v) is 4.63. The van der Waals surface area contributed by atoms with Gasteiger partial charge in [-0.3, -0.25) is 0 Å². The third kappa shape index (κ3) is 4.52. The molecular weight excluding hydrogens is 260 g/mol. The van der Waals surface area contributed by atoms with E-state index < -0.39 is 33.9 Å². The zero-order chi connectivity index (χ0) is 13.8. The molecule has 3 N–H and O–H groups in total. The Morgan fingerprint density at radius 2 is 2.11 bits per heavy atom. The molecule has 1 aliphatic heterocycles. The molecule has 7 nitrogen and oxygen atoms in total. The first-order valence-electron chi connectivity index (χ1n) is 5.84.